The summed E-state index contributed by atoms with van der Waals surface area (Å²) in [6, 6.07) is 11.4. The molecule has 1 unspecified atom stereocenters. The third-order valence-corrected chi connectivity index (χ3v) is 5.91. The van der Waals surface area contributed by atoms with Crippen molar-refractivity contribution < 1.29 is 9.53 Å². The van der Waals surface area contributed by atoms with Crippen molar-refractivity contribution in [3.63, 3.8) is 0 Å². The lowest BCUT2D eigenvalue weighted by Gasteiger charge is -2.25. The number of rotatable bonds is 6. The van der Waals surface area contributed by atoms with Gasteiger partial charge in [-0.2, -0.15) is 0 Å². The summed E-state index contributed by atoms with van der Waals surface area (Å²) in [5, 5.41) is 4.85. The largest absolute Gasteiger partial charge is 0.497 e. The van der Waals surface area contributed by atoms with Crippen LogP contribution < -0.4 is 4.74 Å². The van der Waals surface area contributed by atoms with Gasteiger partial charge in [-0.25, -0.2) is 4.68 Å². The fourth-order valence-corrected chi connectivity index (χ4v) is 4.19. The molecule has 162 valence electrons. The molecule has 1 aromatic carbocycles. The van der Waals surface area contributed by atoms with E-state index >= 15 is 0 Å². The van der Waals surface area contributed by atoms with Gasteiger partial charge < -0.3 is 9.64 Å². The van der Waals surface area contributed by atoms with Gasteiger partial charge in [0.25, 0.3) is 0 Å². The average molecular weight is 439 g/mol. The zero-order valence-electron chi connectivity index (χ0n) is 17.9. The smallest absolute Gasteiger partial charge is 0.239 e. The predicted molar refractivity (Wildman–Crippen MR) is 121 cm³/mol. The molecule has 2 aromatic heterocycles. The quantitative estimate of drug-likeness (QED) is 0.551. The molecular formula is C22H26N6O2S. The maximum Gasteiger partial charge on any atom is 0.239 e. The molecule has 1 aliphatic rings. The summed E-state index contributed by atoms with van der Waals surface area (Å²) in [6.07, 6.45) is 5.30. The lowest BCUT2D eigenvalue weighted by molar-refractivity contribution is -0.134. The van der Waals surface area contributed by atoms with Gasteiger partial charge in [-0.3, -0.25) is 19.2 Å². The molecule has 1 saturated heterocycles. The second-order valence-corrected chi connectivity index (χ2v) is 8.08. The Morgan fingerprint density at radius 3 is 2.55 bits per heavy atom. The fraction of sp³-hybridized carbons (Fsp3) is 0.364. The van der Waals surface area contributed by atoms with E-state index in [0.717, 1.165) is 42.2 Å². The van der Waals surface area contributed by atoms with Crippen LogP contribution in [0.15, 0.2) is 48.8 Å². The van der Waals surface area contributed by atoms with Gasteiger partial charge in [-0.15, -0.1) is 5.10 Å². The first-order valence-electron chi connectivity index (χ1n) is 10.2. The molecule has 9 heteroatoms. The Bertz CT molecular complexity index is 1110. The number of hydrogen-bond donors (Lipinski definition) is 0. The summed E-state index contributed by atoms with van der Waals surface area (Å²) < 4.78 is 9.61. The predicted octanol–water partition coefficient (Wildman–Crippen LogP) is 2.98. The summed E-state index contributed by atoms with van der Waals surface area (Å²) in [4.78, 5) is 20.5. The molecule has 8 nitrogen and oxygen atoms in total. The van der Waals surface area contributed by atoms with E-state index < -0.39 is 0 Å². The number of benzene rings is 1. The van der Waals surface area contributed by atoms with Crippen LogP contribution in [0.2, 0.25) is 0 Å². The molecule has 1 aliphatic heterocycles. The van der Waals surface area contributed by atoms with Crippen LogP contribution in [0.1, 0.15) is 12.8 Å². The highest BCUT2D eigenvalue weighted by molar-refractivity contribution is 7.71. The number of methoxy groups -OCH3 is 1. The summed E-state index contributed by atoms with van der Waals surface area (Å²) in [6.45, 7) is 1.30. The van der Waals surface area contributed by atoms with E-state index in [2.05, 4.69) is 9.88 Å². The molecule has 0 bridgehead atoms. The minimum Gasteiger partial charge on any atom is -0.497 e. The van der Waals surface area contributed by atoms with Gasteiger partial charge >= 0.3 is 0 Å². The Labute approximate surface area is 186 Å². The van der Waals surface area contributed by atoms with Crippen LogP contribution in [0.4, 0.5) is 0 Å². The van der Waals surface area contributed by atoms with Gasteiger partial charge in [0.05, 0.1) is 25.5 Å². The molecule has 0 N–H and O–H groups in total. The van der Waals surface area contributed by atoms with E-state index in [4.69, 9.17) is 22.1 Å². The zero-order chi connectivity index (χ0) is 22.0. The van der Waals surface area contributed by atoms with Gasteiger partial charge in [-0.05, 0) is 61.5 Å². The van der Waals surface area contributed by atoms with Gasteiger partial charge in [0, 0.05) is 38.6 Å². The van der Waals surface area contributed by atoms with Gasteiger partial charge in [0.1, 0.15) is 5.75 Å². The monoisotopic (exact) mass is 438 g/mol. The Kier molecular flexibility index (Phi) is 6.15. The Balaban J connectivity index is 1.75. The number of likely N-dealkylation sites (N-methyl/N-ethyl adjacent to an activating group) is 1. The first kappa shape index (κ1) is 21.2. The van der Waals surface area contributed by atoms with Gasteiger partial charge in [0.2, 0.25) is 10.7 Å². The van der Waals surface area contributed by atoms with Crippen molar-refractivity contribution >= 4 is 18.1 Å². The molecule has 0 saturated carbocycles. The van der Waals surface area contributed by atoms with Crippen molar-refractivity contribution in [2.45, 2.75) is 25.6 Å². The van der Waals surface area contributed by atoms with Crippen LogP contribution >= 0.6 is 12.2 Å². The molecule has 3 heterocycles. The van der Waals surface area contributed by atoms with Crippen molar-refractivity contribution in [2.75, 3.05) is 27.7 Å². The summed E-state index contributed by atoms with van der Waals surface area (Å²) in [5.41, 5.74) is 1.81. The van der Waals surface area contributed by atoms with E-state index in [9.17, 15) is 4.79 Å². The number of carbonyl (C=O) groups is 1. The molecule has 3 aromatic rings. The van der Waals surface area contributed by atoms with Crippen LogP contribution in [0, 0.1) is 4.77 Å². The van der Waals surface area contributed by atoms with Crippen molar-refractivity contribution in [2.24, 2.45) is 0 Å². The van der Waals surface area contributed by atoms with Crippen LogP contribution in [0.25, 0.3) is 17.1 Å². The molecule has 0 radical (unpaired) electrons. The fourth-order valence-electron chi connectivity index (χ4n) is 3.90. The topological polar surface area (TPSA) is 68.4 Å². The van der Waals surface area contributed by atoms with Crippen molar-refractivity contribution in [3.8, 4) is 22.8 Å². The highest BCUT2D eigenvalue weighted by Gasteiger charge is 2.32. The summed E-state index contributed by atoms with van der Waals surface area (Å²) in [5.74, 6) is 1.62. The maximum absolute atomic E-state index is 12.6. The lowest BCUT2D eigenvalue weighted by atomic mass is 10.2. The standard InChI is InChI=1S/C22H26N6O2S/c1-25(2)21(29)19-5-4-14-26(19)15-27-22(31)28(17-6-8-18(30-3)9-7-17)20(24-27)16-10-12-23-13-11-16/h6-13,19H,4-5,14-15H2,1-3H3. The van der Waals surface area contributed by atoms with Crippen LogP contribution in [-0.4, -0.2) is 68.8 Å². The van der Waals surface area contributed by atoms with E-state index in [1.165, 1.54) is 0 Å². The van der Waals surface area contributed by atoms with E-state index in [-0.39, 0.29) is 11.9 Å². The van der Waals surface area contributed by atoms with E-state index in [0.29, 0.717) is 11.4 Å². The number of amides is 1. The molecule has 0 spiro atoms. The Morgan fingerprint density at radius 1 is 1.19 bits per heavy atom. The first-order valence-corrected chi connectivity index (χ1v) is 10.6. The van der Waals surface area contributed by atoms with Crippen molar-refractivity contribution in [1.82, 2.24) is 29.1 Å². The third kappa shape index (κ3) is 4.24. The number of carbonyl (C=O) groups excluding carboxylic acids is 1. The van der Waals surface area contributed by atoms with Gasteiger partial charge in [-0.1, -0.05) is 0 Å². The number of pyridine rings is 1. The number of ether oxygens (including phenoxy) is 1. The SMILES string of the molecule is COc1ccc(-n2c(-c3ccncc3)nn(CN3CCCC3C(=O)N(C)C)c2=S)cc1. The number of nitrogens with zero attached hydrogens (tertiary/aromatic N) is 6. The van der Waals surface area contributed by atoms with Crippen molar-refractivity contribution in [3.05, 3.63) is 53.6 Å². The second kappa shape index (κ2) is 8.99. The number of aromatic nitrogens is 4. The Hall–Kier alpha value is -3.04. The molecule has 1 fully saturated rings. The highest BCUT2D eigenvalue weighted by Crippen LogP contribution is 2.25. The van der Waals surface area contributed by atoms with Crippen LogP contribution in [0.3, 0.4) is 0 Å². The summed E-state index contributed by atoms with van der Waals surface area (Å²) >= 11 is 5.84. The van der Waals surface area contributed by atoms with Crippen LogP contribution in [-0.2, 0) is 11.5 Å². The average Bonchev–Trinajstić information content (AvgIpc) is 3.38. The third-order valence-electron chi connectivity index (χ3n) is 5.51. The molecule has 1 amide bonds. The highest BCUT2D eigenvalue weighted by atomic mass is 32.1. The minimum absolute atomic E-state index is 0.118. The maximum atomic E-state index is 12.6. The number of hydrogen-bond acceptors (Lipinski definition) is 6. The molecule has 0 aliphatic carbocycles. The zero-order valence-corrected chi connectivity index (χ0v) is 18.7. The molecule has 4 rings (SSSR count). The lowest BCUT2D eigenvalue weighted by Crippen LogP contribution is -2.43. The normalized spacial score (nSPS) is 16.4. The number of likely N-dealkylation sites (tertiary alicyclic amines) is 1. The summed E-state index contributed by atoms with van der Waals surface area (Å²) in [7, 11) is 5.23. The molecule has 1 atom stereocenters. The van der Waals surface area contributed by atoms with E-state index in [1.807, 2.05) is 41.0 Å². The second-order valence-electron chi connectivity index (χ2n) is 7.72. The van der Waals surface area contributed by atoms with E-state index in [1.54, 1.807) is 43.2 Å². The van der Waals surface area contributed by atoms with Crippen LogP contribution in [0.5, 0.6) is 5.75 Å². The minimum atomic E-state index is -0.146. The Morgan fingerprint density at radius 2 is 1.90 bits per heavy atom. The van der Waals surface area contributed by atoms with Crippen molar-refractivity contribution in [1.29, 1.82) is 0 Å². The molecular weight excluding hydrogens is 412 g/mol. The van der Waals surface area contributed by atoms with Gasteiger partial charge in [0.15, 0.2) is 5.82 Å². The first-order chi connectivity index (χ1) is 15.0. The molecule has 31 heavy (non-hydrogen) atoms.